The smallest absolute Gasteiger partial charge is 0.341 e. The van der Waals surface area contributed by atoms with Gasteiger partial charge in [-0.3, -0.25) is 4.79 Å². The summed E-state index contributed by atoms with van der Waals surface area (Å²) >= 11 is 1.41. The number of fused-ring (bicyclic) bond motifs is 1. The first-order valence-corrected chi connectivity index (χ1v) is 11.2. The molecule has 0 saturated carbocycles. The zero-order chi connectivity index (χ0) is 22.4. The molecular weight excluding hydrogens is 412 g/mol. The highest BCUT2D eigenvalue weighted by Gasteiger charge is 2.30. The van der Waals surface area contributed by atoms with Crippen molar-refractivity contribution in [2.75, 3.05) is 19.0 Å². The molecule has 0 spiro atoms. The van der Waals surface area contributed by atoms with Crippen LogP contribution in [0.25, 0.3) is 6.08 Å². The molecule has 7 heteroatoms. The largest absolute Gasteiger partial charge is 0.497 e. The predicted octanol–water partition coefficient (Wildman–Crippen LogP) is 4.99. The Kier molecular flexibility index (Phi) is 7.48. The SMILES string of the molecule is CCOC(=O)c1c(NC(=O)/C(C#N)=C/c2cccc(OC)c2)sc2c1CCC(CC)C2. The van der Waals surface area contributed by atoms with Gasteiger partial charge in [-0.05, 0) is 61.4 Å². The molecule has 1 N–H and O–H groups in total. The summed E-state index contributed by atoms with van der Waals surface area (Å²) in [6.07, 6.45) is 5.28. The first kappa shape index (κ1) is 22.6. The van der Waals surface area contributed by atoms with Crippen LogP contribution in [0.2, 0.25) is 0 Å². The maximum absolute atomic E-state index is 12.9. The molecule has 1 aromatic carbocycles. The summed E-state index contributed by atoms with van der Waals surface area (Å²) in [5.41, 5.74) is 2.02. The number of amides is 1. The molecule has 0 fully saturated rings. The number of ether oxygens (including phenoxy) is 2. The van der Waals surface area contributed by atoms with E-state index in [-0.39, 0.29) is 12.2 Å². The molecule has 1 amide bonds. The van der Waals surface area contributed by atoms with Crippen LogP contribution in [0.4, 0.5) is 5.00 Å². The lowest BCUT2D eigenvalue weighted by atomic mass is 9.85. The number of benzene rings is 1. The van der Waals surface area contributed by atoms with Crippen molar-refractivity contribution in [2.45, 2.75) is 39.5 Å². The molecule has 1 unspecified atom stereocenters. The standard InChI is InChI=1S/C24H26N2O4S/c1-4-15-9-10-19-20(13-15)31-23(21(19)24(28)30-5-2)26-22(27)17(14-25)11-16-7-6-8-18(12-16)29-3/h6-8,11-12,15H,4-5,9-10,13H2,1-3H3,(H,26,27)/b17-11+. The molecule has 2 aromatic rings. The second-order valence-corrected chi connectivity index (χ2v) is 8.45. The lowest BCUT2D eigenvalue weighted by Gasteiger charge is -2.20. The van der Waals surface area contributed by atoms with Crippen LogP contribution in [-0.2, 0) is 22.4 Å². The summed E-state index contributed by atoms with van der Waals surface area (Å²) in [6, 6.07) is 9.05. The third kappa shape index (κ3) is 5.15. The van der Waals surface area contributed by atoms with Crippen LogP contribution < -0.4 is 10.1 Å². The van der Waals surface area contributed by atoms with E-state index < -0.39 is 11.9 Å². The number of carbonyl (C=O) groups is 2. The molecule has 0 radical (unpaired) electrons. The Balaban J connectivity index is 1.92. The molecule has 1 atom stereocenters. The van der Waals surface area contributed by atoms with Crippen molar-refractivity contribution in [3.05, 3.63) is 51.4 Å². The van der Waals surface area contributed by atoms with Crippen LogP contribution in [0, 0.1) is 17.2 Å². The van der Waals surface area contributed by atoms with Gasteiger partial charge in [0.05, 0.1) is 19.3 Å². The van der Waals surface area contributed by atoms with Crippen molar-refractivity contribution in [1.29, 1.82) is 5.26 Å². The van der Waals surface area contributed by atoms with Gasteiger partial charge in [0.15, 0.2) is 0 Å². The molecule has 3 rings (SSSR count). The molecule has 31 heavy (non-hydrogen) atoms. The monoisotopic (exact) mass is 438 g/mol. The fourth-order valence-corrected chi connectivity index (χ4v) is 5.07. The Hall–Kier alpha value is -3.11. The van der Waals surface area contributed by atoms with E-state index in [9.17, 15) is 14.9 Å². The van der Waals surface area contributed by atoms with Crippen molar-refractivity contribution in [3.63, 3.8) is 0 Å². The van der Waals surface area contributed by atoms with Gasteiger partial charge in [-0.1, -0.05) is 25.5 Å². The third-order valence-electron chi connectivity index (χ3n) is 5.42. The first-order chi connectivity index (χ1) is 15.0. The maximum Gasteiger partial charge on any atom is 0.341 e. The number of rotatable bonds is 7. The van der Waals surface area contributed by atoms with Gasteiger partial charge in [0.25, 0.3) is 5.91 Å². The van der Waals surface area contributed by atoms with Gasteiger partial charge in [0, 0.05) is 4.88 Å². The van der Waals surface area contributed by atoms with Gasteiger partial charge in [-0.2, -0.15) is 5.26 Å². The van der Waals surface area contributed by atoms with Gasteiger partial charge in [0.1, 0.15) is 22.4 Å². The van der Waals surface area contributed by atoms with Gasteiger partial charge in [0.2, 0.25) is 0 Å². The minimum absolute atomic E-state index is 0.0548. The minimum Gasteiger partial charge on any atom is -0.497 e. The Morgan fingerprint density at radius 2 is 2.16 bits per heavy atom. The van der Waals surface area contributed by atoms with E-state index in [0.29, 0.717) is 27.8 Å². The van der Waals surface area contributed by atoms with Crippen LogP contribution in [0.5, 0.6) is 5.75 Å². The topological polar surface area (TPSA) is 88.4 Å². The van der Waals surface area contributed by atoms with Crippen LogP contribution in [0.15, 0.2) is 29.8 Å². The van der Waals surface area contributed by atoms with Crippen LogP contribution in [0.1, 0.15) is 53.1 Å². The number of methoxy groups -OCH3 is 1. The number of nitrogens with zero attached hydrogens (tertiary/aromatic N) is 1. The van der Waals surface area contributed by atoms with E-state index in [1.54, 1.807) is 38.3 Å². The number of hydrogen-bond acceptors (Lipinski definition) is 6. The van der Waals surface area contributed by atoms with Gasteiger partial charge in [-0.15, -0.1) is 11.3 Å². The van der Waals surface area contributed by atoms with Crippen molar-refractivity contribution in [2.24, 2.45) is 5.92 Å². The molecule has 0 saturated heterocycles. The zero-order valence-corrected chi connectivity index (χ0v) is 18.8. The molecule has 6 nitrogen and oxygen atoms in total. The van der Waals surface area contributed by atoms with E-state index in [4.69, 9.17) is 9.47 Å². The molecule has 1 heterocycles. The number of anilines is 1. The first-order valence-electron chi connectivity index (χ1n) is 10.4. The number of esters is 1. The zero-order valence-electron chi connectivity index (χ0n) is 18.0. The van der Waals surface area contributed by atoms with Gasteiger partial charge in [-0.25, -0.2) is 4.79 Å². The second kappa shape index (κ2) is 10.3. The molecule has 0 aliphatic heterocycles. The van der Waals surface area contributed by atoms with Crippen LogP contribution in [0.3, 0.4) is 0 Å². The van der Waals surface area contributed by atoms with Gasteiger partial charge < -0.3 is 14.8 Å². The Bertz CT molecular complexity index is 1050. The van der Waals surface area contributed by atoms with Gasteiger partial charge >= 0.3 is 5.97 Å². The third-order valence-corrected chi connectivity index (χ3v) is 6.59. The molecule has 162 valence electrons. The van der Waals surface area contributed by atoms with Crippen molar-refractivity contribution >= 4 is 34.3 Å². The molecule has 0 bridgehead atoms. The number of nitriles is 1. The minimum atomic E-state index is -0.554. The Morgan fingerprint density at radius 3 is 2.84 bits per heavy atom. The summed E-state index contributed by atoms with van der Waals surface area (Å²) in [5, 5.41) is 12.8. The van der Waals surface area contributed by atoms with Crippen molar-refractivity contribution < 1.29 is 19.1 Å². The van der Waals surface area contributed by atoms with E-state index in [0.717, 1.165) is 36.1 Å². The van der Waals surface area contributed by atoms with Crippen LogP contribution in [-0.4, -0.2) is 25.6 Å². The number of carbonyl (C=O) groups excluding carboxylic acids is 2. The Labute approximate surface area is 186 Å². The summed E-state index contributed by atoms with van der Waals surface area (Å²) in [5.74, 6) is 0.224. The summed E-state index contributed by atoms with van der Waals surface area (Å²) in [4.78, 5) is 26.7. The predicted molar refractivity (Wildman–Crippen MR) is 121 cm³/mol. The fourth-order valence-electron chi connectivity index (χ4n) is 3.73. The average molecular weight is 439 g/mol. The number of hydrogen-bond donors (Lipinski definition) is 1. The maximum atomic E-state index is 12.9. The summed E-state index contributed by atoms with van der Waals surface area (Å²) in [7, 11) is 1.55. The number of nitrogens with one attached hydrogen (secondary N) is 1. The highest BCUT2D eigenvalue weighted by Crippen LogP contribution is 2.41. The van der Waals surface area contributed by atoms with Crippen molar-refractivity contribution in [3.8, 4) is 11.8 Å². The van der Waals surface area contributed by atoms with E-state index in [1.165, 1.54) is 17.4 Å². The Morgan fingerprint density at radius 1 is 1.35 bits per heavy atom. The fraction of sp³-hybridized carbons (Fsp3) is 0.375. The van der Waals surface area contributed by atoms with E-state index >= 15 is 0 Å². The summed E-state index contributed by atoms with van der Waals surface area (Å²) < 4.78 is 10.5. The highest BCUT2D eigenvalue weighted by molar-refractivity contribution is 7.17. The molecule has 1 aliphatic rings. The molecule has 1 aromatic heterocycles. The molecule has 1 aliphatic carbocycles. The highest BCUT2D eigenvalue weighted by atomic mass is 32.1. The average Bonchev–Trinajstić information content (AvgIpc) is 3.14. The second-order valence-electron chi connectivity index (χ2n) is 7.35. The lowest BCUT2D eigenvalue weighted by Crippen LogP contribution is -2.17. The quantitative estimate of drug-likeness (QED) is 0.374. The van der Waals surface area contributed by atoms with Crippen LogP contribution >= 0.6 is 11.3 Å². The van der Waals surface area contributed by atoms with E-state index in [2.05, 4.69) is 12.2 Å². The molecular formula is C24H26N2O4S. The summed E-state index contributed by atoms with van der Waals surface area (Å²) in [6.45, 7) is 4.18. The van der Waals surface area contributed by atoms with Crippen molar-refractivity contribution in [1.82, 2.24) is 0 Å². The lowest BCUT2D eigenvalue weighted by molar-refractivity contribution is -0.112. The number of thiophene rings is 1. The van der Waals surface area contributed by atoms with E-state index in [1.807, 2.05) is 6.07 Å². The normalized spacial score (nSPS) is 15.5.